The highest BCUT2D eigenvalue weighted by Crippen LogP contribution is 2.22. The third-order valence-electron chi connectivity index (χ3n) is 3.73. The first-order chi connectivity index (χ1) is 10.0. The minimum Gasteiger partial charge on any atom is -0.451 e. The lowest BCUT2D eigenvalue weighted by Crippen LogP contribution is -2.48. The van der Waals surface area contributed by atoms with E-state index < -0.39 is 0 Å². The number of hydrogen-bond donors (Lipinski definition) is 2. The predicted octanol–water partition coefficient (Wildman–Crippen LogP) is 1.37. The van der Waals surface area contributed by atoms with E-state index in [1.165, 1.54) is 0 Å². The number of anilines is 1. The smallest absolute Gasteiger partial charge is 0.287 e. The van der Waals surface area contributed by atoms with E-state index in [4.69, 9.17) is 10.2 Å². The van der Waals surface area contributed by atoms with E-state index in [1.807, 2.05) is 0 Å². The molecule has 0 spiro atoms. The molecule has 2 aromatic rings. The van der Waals surface area contributed by atoms with Gasteiger partial charge in [-0.1, -0.05) is 0 Å². The molecule has 1 aliphatic heterocycles. The van der Waals surface area contributed by atoms with Crippen LogP contribution in [0, 0.1) is 0 Å². The molecule has 1 fully saturated rings. The molecule has 3 rings (SSSR count). The first kappa shape index (κ1) is 13.5. The molecule has 21 heavy (non-hydrogen) atoms. The number of fused-ring (bicyclic) bond motifs is 1. The van der Waals surface area contributed by atoms with Crippen LogP contribution in [-0.2, 0) is 4.79 Å². The van der Waals surface area contributed by atoms with Crippen molar-refractivity contribution in [2.24, 2.45) is 0 Å². The van der Waals surface area contributed by atoms with Crippen molar-refractivity contribution < 1.29 is 14.0 Å². The molecule has 6 nitrogen and oxygen atoms in total. The monoisotopic (exact) mass is 287 g/mol. The van der Waals surface area contributed by atoms with E-state index >= 15 is 0 Å². The molecule has 2 heterocycles. The Morgan fingerprint density at radius 2 is 2.24 bits per heavy atom. The van der Waals surface area contributed by atoms with Crippen LogP contribution in [0.5, 0.6) is 0 Å². The van der Waals surface area contributed by atoms with Crippen molar-refractivity contribution >= 4 is 28.5 Å². The number of nitrogens with zero attached hydrogens (tertiary/aromatic N) is 1. The summed E-state index contributed by atoms with van der Waals surface area (Å²) in [7, 11) is 1.74. The van der Waals surface area contributed by atoms with Crippen LogP contribution in [0.15, 0.2) is 28.7 Å². The fourth-order valence-corrected chi connectivity index (χ4v) is 2.56. The Morgan fingerprint density at radius 1 is 1.43 bits per heavy atom. The first-order valence-electron chi connectivity index (χ1n) is 6.87. The van der Waals surface area contributed by atoms with Gasteiger partial charge in [0.2, 0.25) is 5.91 Å². The molecule has 110 valence electrons. The summed E-state index contributed by atoms with van der Waals surface area (Å²) in [4.78, 5) is 25.3. The molecule has 1 unspecified atom stereocenters. The molecule has 1 saturated heterocycles. The third kappa shape index (κ3) is 2.69. The van der Waals surface area contributed by atoms with Crippen LogP contribution in [0.2, 0.25) is 0 Å². The quantitative estimate of drug-likeness (QED) is 0.816. The number of carbonyl (C=O) groups is 2. The maximum atomic E-state index is 12.2. The highest BCUT2D eigenvalue weighted by Gasteiger charge is 2.25. The fourth-order valence-electron chi connectivity index (χ4n) is 2.56. The van der Waals surface area contributed by atoms with Crippen LogP contribution in [0.3, 0.4) is 0 Å². The van der Waals surface area contributed by atoms with Gasteiger partial charge in [-0.05, 0) is 30.7 Å². The van der Waals surface area contributed by atoms with Crippen molar-refractivity contribution in [2.75, 3.05) is 19.3 Å². The normalized spacial score (nSPS) is 19.0. The third-order valence-corrected chi connectivity index (χ3v) is 3.73. The summed E-state index contributed by atoms with van der Waals surface area (Å²) in [5, 5.41) is 3.71. The summed E-state index contributed by atoms with van der Waals surface area (Å²) < 4.78 is 5.53. The number of likely N-dealkylation sites (tertiary alicyclic amines) is 1. The van der Waals surface area contributed by atoms with Crippen LogP contribution in [-0.4, -0.2) is 36.3 Å². The van der Waals surface area contributed by atoms with Gasteiger partial charge < -0.3 is 20.4 Å². The van der Waals surface area contributed by atoms with Gasteiger partial charge in [0.05, 0.1) is 0 Å². The van der Waals surface area contributed by atoms with Gasteiger partial charge in [-0.2, -0.15) is 0 Å². The van der Waals surface area contributed by atoms with Gasteiger partial charge in [0.15, 0.2) is 5.76 Å². The molecule has 1 aromatic heterocycles. The zero-order valence-electron chi connectivity index (χ0n) is 11.8. The lowest BCUT2D eigenvalue weighted by molar-refractivity contribution is -0.132. The van der Waals surface area contributed by atoms with E-state index in [0.717, 1.165) is 5.39 Å². The Morgan fingerprint density at radius 3 is 3.00 bits per heavy atom. The molecule has 0 saturated carbocycles. The van der Waals surface area contributed by atoms with Gasteiger partial charge in [0, 0.05) is 37.1 Å². The molecule has 1 aromatic carbocycles. The number of furan rings is 1. The van der Waals surface area contributed by atoms with Crippen molar-refractivity contribution in [3.05, 3.63) is 30.0 Å². The van der Waals surface area contributed by atoms with Crippen molar-refractivity contribution in [1.82, 2.24) is 10.2 Å². The molecular formula is C15H17N3O3. The number of likely N-dealkylation sites (N-methyl/N-ethyl adjacent to an activating group) is 1. The van der Waals surface area contributed by atoms with Gasteiger partial charge in [-0.15, -0.1) is 0 Å². The molecule has 1 atom stereocenters. The van der Waals surface area contributed by atoms with Crippen molar-refractivity contribution in [3.63, 3.8) is 0 Å². The highest BCUT2D eigenvalue weighted by molar-refractivity contribution is 5.96. The average Bonchev–Trinajstić information content (AvgIpc) is 2.86. The Balaban J connectivity index is 1.73. The molecule has 0 aliphatic carbocycles. The van der Waals surface area contributed by atoms with Crippen molar-refractivity contribution in [1.29, 1.82) is 0 Å². The number of rotatable bonds is 2. The lowest BCUT2D eigenvalue weighted by atomic mass is 10.1. The summed E-state index contributed by atoms with van der Waals surface area (Å²) >= 11 is 0. The van der Waals surface area contributed by atoms with Crippen LogP contribution >= 0.6 is 0 Å². The van der Waals surface area contributed by atoms with Crippen molar-refractivity contribution in [2.45, 2.75) is 18.9 Å². The van der Waals surface area contributed by atoms with Gasteiger partial charge >= 0.3 is 0 Å². The molecule has 3 N–H and O–H groups in total. The zero-order chi connectivity index (χ0) is 15.0. The number of nitrogen functional groups attached to an aromatic ring is 1. The van der Waals surface area contributed by atoms with E-state index in [9.17, 15) is 9.59 Å². The number of carbonyl (C=O) groups excluding carboxylic acids is 2. The lowest BCUT2D eigenvalue weighted by Gasteiger charge is -2.29. The number of benzene rings is 1. The van der Waals surface area contributed by atoms with Crippen LogP contribution < -0.4 is 11.1 Å². The summed E-state index contributed by atoms with van der Waals surface area (Å²) in [6, 6.07) is 6.88. The predicted molar refractivity (Wildman–Crippen MR) is 78.8 cm³/mol. The Labute approximate surface area is 121 Å². The molecule has 0 bridgehead atoms. The largest absolute Gasteiger partial charge is 0.451 e. The first-order valence-corrected chi connectivity index (χ1v) is 6.87. The van der Waals surface area contributed by atoms with Crippen LogP contribution in [0.1, 0.15) is 23.4 Å². The number of hydrogen-bond acceptors (Lipinski definition) is 4. The molecule has 1 aliphatic rings. The summed E-state index contributed by atoms with van der Waals surface area (Å²) in [6.45, 7) is 0.526. The van der Waals surface area contributed by atoms with E-state index in [0.29, 0.717) is 30.7 Å². The van der Waals surface area contributed by atoms with Crippen LogP contribution in [0.25, 0.3) is 11.0 Å². The molecule has 6 heteroatoms. The minimum atomic E-state index is -0.266. The number of nitrogens with one attached hydrogen (secondary N) is 1. The molecule has 2 amide bonds. The minimum absolute atomic E-state index is 0.0431. The van der Waals surface area contributed by atoms with E-state index in [1.54, 1.807) is 36.2 Å². The SMILES string of the molecule is CN1CC(NC(=O)c2cc3cc(N)ccc3o2)CCC1=O. The average molecular weight is 287 g/mol. The van der Waals surface area contributed by atoms with E-state index in [-0.39, 0.29) is 23.6 Å². The van der Waals surface area contributed by atoms with Gasteiger partial charge in [0.25, 0.3) is 5.91 Å². The maximum Gasteiger partial charge on any atom is 0.287 e. The number of nitrogens with two attached hydrogens (primary N) is 1. The number of piperidine rings is 1. The number of amides is 2. The van der Waals surface area contributed by atoms with E-state index in [2.05, 4.69) is 5.32 Å². The second-order valence-electron chi connectivity index (χ2n) is 5.39. The van der Waals surface area contributed by atoms with Crippen LogP contribution in [0.4, 0.5) is 5.69 Å². The molecule has 0 radical (unpaired) electrons. The fraction of sp³-hybridized carbons (Fsp3) is 0.333. The Kier molecular flexibility index (Phi) is 3.29. The van der Waals surface area contributed by atoms with Crippen molar-refractivity contribution in [3.8, 4) is 0 Å². The Hall–Kier alpha value is -2.50. The van der Waals surface area contributed by atoms with Gasteiger partial charge in [-0.3, -0.25) is 9.59 Å². The topological polar surface area (TPSA) is 88.6 Å². The zero-order valence-corrected chi connectivity index (χ0v) is 11.8. The molecular weight excluding hydrogens is 270 g/mol. The summed E-state index contributed by atoms with van der Waals surface area (Å²) in [5.74, 6) is 0.104. The summed E-state index contributed by atoms with van der Waals surface area (Å²) in [6.07, 6.45) is 1.11. The van der Waals surface area contributed by atoms with Gasteiger partial charge in [-0.25, -0.2) is 0 Å². The maximum absolute atomic E-state index is 12.2. The highest BCUT2D eigenvalue weighted by atomic mass is 16.3. The standard InChI is InChI=1S/C15H17N3O3/c1-18-8-11(3-5-14(18)19)17-15(20)13-7-9-6-10(16)2-4-12(9)21-13/h2,4,6-7,11H,3,5,8,16H2,1H3,(H,17,20). The Bertz CT molecular complexity index is 707. The second-order valence-corrected chi connectivity index (χ2v) is 5.39. The van der Waals surface area contributed by atoms with Gasteiger partial charge in [0.1, 0.15) is 5.58 Å². The second kappa shape index (κ2) is 5.12. The summed E-state index contributed by atoms with van der Waals surface area (Å²) in [5.41, 5.74) is 6.96.